The highest BCUT2D eigenvalue weighted by Gasteiger charge is 2.58. The monoisotopic (exact) mass is 280 g/mol. The van der Waals surface area contributed by atoms with Gasteiger partial charge in [0.1, 0.15) is 5.41 Å². The molecule has 1 aliphatic heterocycles. The maximum Gasteiger partial charge on any atom is 0.238 e. The first-order valence-electron chi connectivity index (χ1n) is 7.72. The van der Waals surface area contributed by atoms with Gasteiger partial charge in [-0.25, -0.2) is 0 Å². The fourth-order valence-corrected chi connectivity index (χ4v) is 3.83. The molecule has 2 amide bonds. The van der Waals surface area contributed by atoms with Crippen LogP contribution in [0.5, 0.6) is 0 Å². The molecule has 2 aliphatic carbocycles. The molecule has 0 spiro atoms. The lowest BCUT2D eigenvalue weighted by Gasteiger charge is -2.50. The van der Waals surface area contributed by atoms with Crippen molar-refractivity contribution in [2.24, 2.45) is 23.0 Å². The number of nitrogens with zero attached hydrogens (tertiary/aromatic N) is 1. The Morgan fingerprint density at radius 1 is 1.25 bits per heavy atom. The van der Waals surface area contributed by atoms with E-state index in [4.69, 9.17) is 5.73 Å². The van der Waals surface area contributed by atoms with Crippen molar-refractivity contribution in [3.63, 3.8) is 0 Å². The van der Waals surface area contributed by atoms with Gasteiger partial charge in [0.2, 0.25) is 11.8 Å². The minimum absolute atomic E-state index is 0.0641. The van der Waals surface area contributed by atoms with Gasteiger partial charge in [-0.15, -0.1) is 0 Å². The molecule has 3 fully saturated rings. The van der Waals surface area contributed by atoms with Crippen LogP contribution in [0.4, 0.5) is 0 Å². The Hall–Kier alpha value is -1.10. The van der Waals surface area contributed by atoms with Crippen molar-refractivity contribution in [1.82, 2.24) is 4.90 Å². The van der Waals surface area contributed by atoms with Crippen molar-refractivity contribution in [3.05, 3.63) is 0 Å². The molecule has 5 nitrogen and oxygen atoms in total. The molecule has 112 valence electrons. The predicted octanol–water partition coefficient (Wildman–Crippen LogP) is 0.651. The lowest BCUT2D eigenvalue weighted by molar-refractivity contribution is -0.157. The number of aliphatic hydroxyl groups is 1. The normalized spacial score (nSPS) is 36.3. The third kappa shape index (κ3) is 1.86. The third-order valence-corrected chi connectivity index (χ3v) is 5.86. The minimum Gasteiger partial charge on any atom is -0.389 e. The molecule has 1 saturated heterocycles. The number of carbonyl (C=O) groups excluding carboxylic acids is 2. The summed E-state index contributed by atoms with van der Waals surface area (Å²) in [4.78, 5) is 25.7. The van der Waals surface area contributed by atoms with Crippen LogP contribution in [0.1, 0.15) is 45.4 Å². The number of hydrogen-bond donors (Lipinski definition) is 2. The summed E-state index contributed by atoms with van der Waals surface area (Å²) in [6.07, 6.45) is 5.18. The van der Waals surface area contributed by atoms with Gasteiger partial charge in [-0.2, -0.15) is 0 Å². The molecule has 0 radical (unpaired) electrons. The van der Waals surface area contributed by atoms with E-state index in [0.29, 0.717) is 38.3 Å². The van der Waals surface area contributed by atoms with Gasteiger partial charge in [0.15, 0.2) is 0 Å². The molecule has 0 aromatic carbocycles. The summed E-state index contributed by atoms with van der Waals surface area (Å²) < 4.78 is 0. The Kier molecular flexibility index (Phi) is 3.08. The van der Waals surface area contributed by atoms with E-state index in [1.54, 1.807) is 4.90 Å². The first-order chi connectivity index (χ1) is 9.40. The van der Waals surface area contributed by atoms with Crippen molar-refractivity contribution in [2.45, 2.75) is 51.0 Å². The van der Waals surface area contributed by atoms with Crippen LogP contribution in [0.25, 0.3) is 0 Å². The number of amides is 2. The third-order valence-electron chi connectivity index (χ3n) is 5.86. The second-order valence-corrected chi connectivity index (χ2v) is 6.97. The van der Waals surface area contributed by atoms with Gasteiger partial charge in [-0.3, -0.25) is 9.59 Å². The van der Waals surface area contributed by atoms with Crippen LogP contribution in [-0.2, 0) is 9.59 Å². The average molecular weight is 280 g/mol. The zero-order valence-corrected chi connectivity index (χ0v) is 12.1. The van der Waals surface area contributed by atoms with Crippen LogP contribution >= 0.6 is 0 Å². The fourth-order valence-electron chi connectivity index (χ4n) is 3.83. The van der Waals surface area contributed by atoms with E-state index < -0.39 is 16.9 Å². The van der Waals surface area contributed by atoms with Crippen LogP contribution in [0.15, 0.2) is 0 Å². The summed E-state index contributed by atoms with van der Waals surface area (Å²) in [5, 5.41) is 10.9. The van der Waals surface area contributed by atoms with E-state index in [9.17, 15) is 14.7 Å². The fraction of sp³-hybridized carbons (Fsp3) is 0.867. The predicted molar refractivity (Wildman–Crippen MR) is 73.5 cm³/mol. The van der Waals surface area contributed by atoms with E-state index in [1.165, 1.54) is 6.42 Å². The Morgan fingerprint density at radius 3 is 2.30 bits per heavy atom. The molecule has 5 heteroatoms. The van der Waals surface area contributed by atoms with Crippen molar-refractivity contribution in [1.29, 1.82) is 0 Å². The van der Waals surface area contributed by atoms with E-state index in [2.05, 4.69) is 0 Å². The Bertz CT molecular complexity index is 442. The molecular formula is C15H24N2O3. The standard InChI is InChI=1S/C15H24N2O3/c1-10-9-17(13(19)14(5-6-14)12(16)18)8-7-15(10,20)11-3-2-4-11/h10-11,20H,2-9H2,1H3,(H2,16,18)/t10-,15+/m1/s1. The zero-order chi connectivity index (χ0) is 14.5. The molecule has 1 heterocycles. The smallest absolute Gasteiger partial charge is 0.238 e. The lowest BCUT2D eigenvalue weighted by Crippen LogP contribution is -2.59. The van der Waals surface area contributed by atoms with Crippen molar-refractivity contribution in [3.8, 4) is 0 Å². The number of hydrogen-bond acceptors (Lipinski definition) is 3. The summed E-state index contributed by atoms with van der Waals surface area (Å²) in [6, 6.07) is 0. The SMILES string of the molecule is C[C@@H]1CN(C(=O)C2(C(N)=O)CC2)CC[C@@]1(O)C1CCC1. The number of primary amides is 1. The van der Waals surface area contributed by atoms with Gasteiger partial charge in [0.05, 0.1) is 5.60 Å². The van der Waals surface area contributed by atoms with Crippen LogP contribution in [0.3, 0.4) is 0 Å². The van der Waals surface area contributed by atoms with E-state index >= 15 is 0 Å². The average Bonchev–Trinajstić information content (AvgIpc) is 3.11. The van der Waals surface area contributed by atoms with Gasteiger partial charge < -0.3 is 15.7 Å². The Balaban J connectivity index is 1.68. The largest absolute Gasteiger partial charge is 0.389 e. The number of piperidine rings is 1. The molecule has 0 aromatic heterocycles. The van der Waals surface area contributed by atoms with Gasteiger partial charge in [-0.1, -0.05) is 13.3 Å². The maximum absolute atomic E-state index is 12.5. The molecule has 3 rings (SSSR count). The highest BCUT2D eigenvalue weighted by molar-refractivity contribution is 6.07. The minimum atomic E-state index is -0.925. The molecular weight excluding hydrogens is 256 g/mol. The topological polar surface area (TPSA) is 83.6 Å². The van der Waals surface area contributed by atoms with Crippen LogP contribution in [0.2, 0.25) is 0 Å². The number of likely N-dealkylation sites (tertiary alicyclic amines) is 1. The Labute approximate surface area is 119 Å². The van der Waals surface area contributed by atoms with Crippen molar-refractivity contribution >= 4 is 11.8 Å². The van der Waals surface area contributed by atoms with Crippen LogP contribution in [0, 0.1) is 17.3 Å². The summed E-state index contributed by atoms with van der Waals surface area (Å²) >= 11 is 0. The second-order valence-electron chi connectivity index (χ2n) is 6.97. The summed E-state index contributed by atoms with van der Waals surface area (Å²) in [5.41, 5.74) is 3.82. The maximum atomic E-state index is 12.5. The first-order valence-corrected chi connectivity index (χ1v) is 7.72. The Morgan fingerprint density at radius 2 is 1.90 bits per heavy atom. The molecule has 0 aromatic rings. The van der Waals surface area contributed by atoms with E-state index in [0.717, 1.165) is 12.8 Å². The van der Waals surface area contributed by atoms with Gasteiger partial charge >= 0.3 is 0 Å². The van der Waals surface area contributed by atoms with Gasteiger partial charge in [0, 0.05) is 19.0 Å². The number of carbonyl (C=O) groups is 2. The highest BCUT2D eigenvalue weighted by atomic mass is 16.3. The summed E-state index contributed by atoms with van der Waals surface area (Å²) in [7, 11) is 0. The quantitative estimate of drug-likeness (QED) is 0.745. The van der Waals surface area contributed by atoms with E-state index in [1.807, 2.05) is 6.92 Å². The summed E-state index contributed by atoms with van der Waals surface area (Å²) in [6.45, 7) is 3.10. The van der Waals surface area contributed by atoms with Gasteiger partial charge in [0.25, 0.3) is 0 Å². The van der Waals surface area contributed by atoms with Crippen molar-refractivity contribution < 1.29 is 14.7 Å². The zero-order valence-electron chi connectivity index (χ0n) is 12.1. The lowest BCUT2D eigenvalue weighted by atomic mass is 9.64. The number of nitrogens with two attached hydrogens (primary N) is 1. The molecule has 0 bridgehead atoms. The summed E-state index contributed by atoms with van der Waals surface area (Å²) in [5.74, 6) is -0.155. The van der Waals surface area contributed by atoms with Gasteiger partial charge in [-0.05, 0) is 38.0 Å². The molecule has 20 heavy (non-hydrogen) atoms. The molecule has 3 aliphatic rings. The molecule has 0 unspecified atom stereocenters. The number of rotatable bonds is 3. The molecule has 2 saturated carbocycles. The second kappa shape index (κ2) is 4.45. The molecule has 2 atom stereocenters. The van der Waals surface area contributed by atoms with Crippen LogP contribution < -0.4 is 5.73 Å². The van der Waals surface area contributed by atoms with Crippen LogP contribution in [-0.4, -0.2) is 40.5 Å². The first kappa shape index (κ1) is 13.9. The van der Waals surface area contributed by atoms with Crippen molar-refractivity contribution in [2.75, 3.05) is 13.1 Å². The molecule has 3 N–H and O–H groups in total. The highest BCUT2D eigenvalue weighted by Crippen LogP contribution is 2.49. The van der Waals surface area contributed by atoms with E-state index in [-0.39, 0.29) is 11.8 Å².